The summed E-state index contributed by atoms with van der Waals surface area (Å²) >= 11 is 3.02. The molecule has 0 bridgehead atoms. The van der Waals surface area contributed by atoms with Crippen molar-refractivity contribution in [3.8, 4) is 0 Å². The number of rotatable bonds is 1. The highest BCUT2D eigenvalue weighted by Crippen LogP contribution is 2.25. The summed E-state index contributed by atoms with van der Waals surface area (Å²) in [6, 6.07) is 2.22. The van der Waals surface area contributed by atoms with Crippen LogP contribution < -0.4 is 5.73 Å². The molecule has 1 aromatic rings. The monoisotopic (exact) mass is 247 g/mol. The average Bonchev–Trinajstić information content (AvgIpc) is 2.10. The van der Waals surface area contributed by atoms with Gasteiger partial charge in [-0.2, -0.15) is 0 Å². The predicted molar refractivity (Wildman–Crippen MR) is 49.9 cm³/mol. The van der Waals surface area contributed by atoms with E-state index in [1.165, 1.54) is 13.2 Å². The zero-order valence-electron chi connectivity index (χ0n) is 6.80. The van der Waals surface area contributed by atoms with Crippen molar-refractivity contribution in [2.45, 2.75) is 0 Å². The summed E-state index contributed by atoms with van der Waals surface area (Å²) in [6.07, 6.45) is 0. The molecule has 0 aliphatic heterocycles. The van der Waals surface area contributed by atoms with Crippen molar-refractivity contribution < 1.29 is 13.9 Å². The van der Waals surface area contributed by atoms with Crippen LogP contribution in [0.25, 0.3) is 0 Å². The second-order valence-corrected chi connectivity index (χ2v) is 3.19. The number of hydrogen-bond acceptors (Lipinski definition) is 3. The van der Waals surface area contributed by atoms with E-state index in [-0.39, 0.29) is 11.3 Å². The first-order chi connectivity index (χ1) is 6.06. The van der Waals surface area contributed by atoms with Crippen molar-refractivity contribution in [2.24, 2.45) is 0 Å². The van der Waals surface area contributed by atoms with Crippen LogP contribution in [0.1, 0.15) is 10.4 Å². The molecular formula is C8H7BrFNO2. The lowest BCUT2D eigenvalue weighted by Gasteiger charge is -2.05. The summed E-state index contributed by atoms with van der Waals surface area (Å²) in [6.45, 7) is 0. The van der Waals surface area contributed by atoms with Crippen LogP contribution in [0.3, 0.4) is 0 Å². The number of nitrogens with two attached hydrogens (primary N) is 1. The molecule has 0 saturated heterocycles. The molecule has 0 unspecified atom stereocenters. The third kappa shape index (κ3) is 1.98. The zero-order chi connectivity index (χ0) is 10.0. The van der Waals surface area contributed by atoms with Crippen LogP contribution in [0.4, 0.5) is 10.1 Å². The fourth-order valence-electron chi connectivity index (χ4n) is 0.864. The number of carbonyl (C=O) groups is 1. The van der Waals surface area contributed by atoms with Gasteiger partial charge in [-0.25, -0.2) is 9.18 Å². The van der Waals surface area contributed by atoms with Crippen molar-refractivity contribution in [2.75, 3.05) is 12.8 Å². The second-order valence-electron chi connectivity index (χ2n) is 2.34. The van der Waals surface area contributed by atoms with E-state index >= 15 is 0 Å². The molecule has 0 radical (unpaired) electrons. The van der Waals surface area contributed by atoms with Gasteiger partial charge in [0.2, 0.25) is 0 Å². The predicted octanol–water partition coefficient (Wildman–Crippen LogP) is 1.96. The Morgan fingerprint density at radius 2 is 2.23 bits per heavy atom. The highest BCUT2D eigenvalue weighted by Gasteiger charge is 2.13. The van der Waals surface area contributed by atoms with E-state index in [9.17, 15) is 9.18 Å². The number of hydrogen-bond donors (Lipinski definition) is 1. The van der Waals surface area contributed by atoms with E-state index in [1.807, 2.05) is 0 Å². The molecule has 5 heteroatoms. The Labute approximate surface area is 82.8 Å². The molecule has 0 amide bonds. The minimum absolute atomic E-state index is 0.0226. The molecule has 70 valence electrons. The van der Waals surface area contributed by atoms with E-state index in [2.05, 4.69) is 20.7 Å². The van der Waals surface area contributed by atoms with Crippen molar-refractivity contribution >= 4 is 27.6 Å². The number of nitrogen functional groups attached to an aromatic ring is 1. The van der Waals surface area contributed by atoms with Crippen LogP contribution in [-0.4, -0.2) is 13.1 Å². The molecule has 0 heterocycles. The smallest absolute Gasteiger partial charge is 0.340 e. The van der Waals surface area contributed by atoms with Gasteiger partial charge in [-0.3, -0.25) is 0 Å². The molecule has 0 spiro atoms. The minimum Gasteiger partial charge on any atom is -0.465 e. The molecule has 0 aliphatic carbocycles. The first-order valence-electron chi connectivity index (χ1n) is 3.39. The summed E-state index contributed by atoms with van der Waals surface area (Å²) < 4.78 is 17.6. The highest BCUT2D eigenvalue weighted by molar-refractivity contribution is 9.10. The molecule has 0 aromatic heterocycles. The number of anilines is 1. The van der Waals surface area contributed by atoms with Gasteiger partial charge in [0, 0.05) is 4.47 Å². The number of methoxy groups -OCH3 is 1. The summed E-state index contributed by atoms with van der Waals surface area (Å²) in [5, 5.41) is 0. The van der Waals surface area contributed by atoms with Gasteiger partial charge in [-0.05, 0) is 28.1 Å². The quantitative estimate of drug-likeness (QED) is 0.610. The largest absolute Gasteiger partial charge is 0.465 e. The highest BCUT2D eigenvalue weighted by atomic mass is 79.9. The lowest BCUT2D eigenvalue weighted by atomic mass is 10.2. The lowest BCUT2D eigenvalue weighted by molar-refractivity contribution is 0.0601. The Balaban J connectivity index is 3.28. The second kappa shape index (κ2) is 3.74. The van der Waals surface area contributed by atoms with Crippen LogP contribution >= 0.6 is 15.9 Å². The van der Waals surface area contributed by atoms with Gasteiger partial charge in [0.15, 0.2) is 0 Å². The molecule has 2 N–H and O–H groups in total. The van der Waals surface area contributed by atoms with Crippen molar-refractivity contribution in [3.05, 3.63) is 28.0 Å². The number of benzene rings is 1. The summed E-state index contributed by atoms with van der Waals surface area (Å²) in [5.41, 5.74) is 5.71. The maximum Gasteiger partial charge on any atom is 0.340 e. The summed E-state index contributed by atoms with van der Waals surface area (Å²) in [7, 11) is 1.21. The van der Waals surface area contributed by atoms with Gasteiger partial charge in [0.25, 0.3) is 0 Å². The van der Waals surface area contributed by atoms with Crippen molar-refractivity contribution in [3.63, 3.8) is 0 Å². The fourth-order valence-corrected chi connectivity index (χ4v) is 1.30. The van der Waals surface area contributed by atoms with E-state index < -0.39 is 11.8 Å². The molecule has 0 atom stereocenters. The van der Waals surface area contributed by atoms with Gasteiger partial charge in [-0.15, -0.1) is 0 Å². The molecule has 1 rings (SSSR count). The summed E-state index contributed by atoms with van der Waals surface area (Å²) in [5.74, 6) is -1.20. The third-order valence-electron chi connectivity index (χ3n) is 1.50. The number of carbonyl (C=O) groups excluding carboxylic acids is 1. The number of halogens is 2. The van der Waals surface area contributed by atoms with E-state index in [0.717, 1.165) is 6.07 Å². The van der Waals surface area contributed by atoms with Gasteiger partial charge < -0.3 is 10.5 Å². The topological polar surface area (TPSA) is 52.3 Å². The molecule has 0 fully saturated rings. The standard InChI is InChI=1S/C8H7BrFNO2/c1-13-8(12)5-2-4(10)3-6(9)7(5)11/h2-3H,11H2,1H3. The Bertz CT molecular complexity index is 354. The zero-order valence-corrected chi connectivity index (χ0v) is 8.39. The Kier molecular flexibility index (Phi) is 2.87. The Morgan fingerprint density at radius 1 is 1.62 bits per heavy atom. The van der Waals surface area contributed by atoms with Crippen LogP contribution in [0.5, 0.6) is 0 Å². The minimum atomic E-state index is -0.655. The molecule has 3 nitrogen and oxygen atoms in total. The molecule has 0 saturated carbocycles. The third-order valence-corrected chi connectivity index (χ3v) is 2.16. The molecule has 0 aliphatic rings. The molecule has 13 heavy (non-hydrogen) atoms. The van der Waals surface area contributed by atoms with E-state index in [4.69, 9.17) is 5.73 Å². The first kappa shape index (κ1) is 9.98. The van der Waals surface area contributed by atoms with Crippen LogP contribution in [0.15, 0.2) is 16.6 Å². The van der Waals surface area contributed by atoms with Gasteiger partial charge in [0.1, 0.15) is 5.82 Å². The van der Waals surface area contributed by atoms with Crippen molar-refractivity contribution in [1.82, 2.24) is 0 Å². The van der Waals surface area contributed by atoms with E-state index in [0.29, 0.717) is 4.47 Å². The van der Waals surface area contributed by atoms with Gasteiger partial charge >= 0.3 is 5.97 Å². The maximum absolute atomic E-state index is 12.8. The Hall–Kier alpha value is -1.10. The first-order valence-corrected chi connectivity index (χ1v) is 4.18. The normalized spacial score (nSPS) is 9.77. The van der Waals surface area contributed by atoms with Crippen molar-refractivity contribution in [1.29, 1.82) is 0 Å². The number of ether oxygens (including phenoxy) is 1. The molecule has 1 aromatic carbocycles. The van der Waals surface area contributed by atoms with Crippen LogP contribution in [0.2, 0.25) is 0 Å². The lowest BCUT2D eigenvalue weighted by Crippen LogP contribution is -2.06. The SMILES string of the molecule is COC(=O)c1cc(F)cc(Br)c1N. The fraction of sp³-hybridized carbons (Fsp3) is 0.125. The van der Waals surface area contributed by atoms with E-state index in [1.54, 1.807) is 0 Å². The maximum atomic E-state index is 12.8. The average molecular weight is 248 g/mol. The number of esters is 1. The van der Waals surface area contributed by atoms with Gasteiger partial charge in [-0.1, -0.05) is 0 Å². The van der Waals surface area contributed by atoms with Crippen LogP contribution in [0, 0.1) is 5.82 Å². The summed E-state index contributed by atoms with van der Waals surface area (Å²) in [4.78, 5) is 11.0. The van der Waals surface area contributed by atoms with Gasteiger partial charge in [0.05, 0.1) is 18.4 Å². The molecular weight excluding hydrogens is 241 g/mol. The van der Waals surface area contributed by atoms with Crippen LogP contribution in [-0.2, 0) is 4.74 Å². The Morgan fingerprint density at radius 3 is 2.77 bits per heavy atom.